The van der Waals surface area contributed by atoms with Crippen LogP contribution >= 0.6 is 15.9 Å². The molecule has 2 N–H and O–H groups in total. The maximum absolute atomic E-state index is 6.36. The lowest BCUT2D eigenvalue weighted by molar-refractivity contribution is 0.510. The van der Waals surface area contributed by atoms with Crippen LogP contribution in [0, 0.1) is 5.92 Å². The van der Waals surface area contributed by atoms with Gasteiger partial charge in [-0.1, -0.05) is 45.1 Å². The van der Waals surface area contributed by atoms with Crippen molar-refractivity contribution < 1.29 is 0 Å². The fraction of sp³-hybridized carbons (Fsp3) is 0.733. The highest BCUT2D eigenvalue weighted by molar-refractivity contribution is 9.09. The molecule has 3 aliphatic rings. The number of alkyl halides is 1. The van der Waals surface area contributed by atoms with Crippen LogP contribution in [0.25, 0.3) is 0 Å². The largest absolute Gasteiger partial charge is 0.323 e. The van der Waals surface area contributed by atoms with Gasteiger partial charge in [0.05, 0.1) is 0 Å². The summed E-state index contributed by atoms with van der Waals surface area (Å²) in [5, 5.41) is 0. The molecule has 0 aromatic rings. The molecule has 1 nitrogen and oxygen atoms in total. The van der Waals surface area contributed by atoms with Crippen molar-refractivity contribution >= 4 is 15.9 Å². The van der Waals surface area contributed by atoms with Gasteiger partial charge in [0.15, 0.2) is 0 Å². The van der Waals surface area contributed by atoms with Gasteiger partial charge in [0.25, 0.3) is 0 Å². The first-order valence-corrected chi connectivity index (χ1v) is 7.96. The molecule has 0 aromatic carbocycles. The van der Waals surface area contributed by atoms with Crippen LogP contribution in [-0.2, 0) is 0 Å². The summed E-state index contributed by atoms with van der Waals surface area (Å²) in [6.07, 6.45) is 9.15. The minimum Gasteiger partial charge on any atom is -0.323 e. The van der Waals surface area contributed by atoms with E-state index >= 15 is 0 Å². The molecule has 0 bridgehead atoms. The van der Waals surface area contributed by atoms with Crippen LogP contribution in [0.15, 0.2) is 22.3 Å². The average Bonchev–Trinajstić information content (AvgIpc) is 2.69. The fourth-order valence-corrected chi connectivity index (χ4v) is 4.76. The van der Waals surface area contributed by atoms with E-state index in [2.05, 4.69) is 22.9 Å². The second-order valence-corrected chi connectivity index (χ2v) is 6.92. The fourth-order valence-electron chi connectivity index (χ4n) is 4.07. The lowest BCUT2D eigenvalue weighted by Crippen LogP contribution is -2.38. The molecule has 2 heteroatoms. The summed E-state index contributed by atoms with van der Waals surface area (Å²) in [7, 11) is 0. The third-order valence-corrected chi connectivity index (χ3v) is 5.86. The van der Waals surface area contributed by atoms with Crippen molar-refractivity contribution in [2.75, 3.05) is 0 Å². The number of allylic oxidation sites excluding steroid dienone is 3. The van der Waals surface area contributed by atoms with Gasteiger partial charge in [-0.25, -0.2) is 0 Å². The molecular formula is C15H22BrN. The number of hydrogen-bond acceptors (Lipinski definition) is 1. The highest BCUT2D eigenvalue weighted by atomic mass is 79.9. The smallest absolute Gasteiger partial charge is 0.0384 e. The number of nitrogens with two attached hydrogens (primary N) is 1. The molecular weight excluding hydrogens is 274 g/mol. The first-order valence-electron chi connectivity index (χ1n) is 7.04. The van der Waals surface area contributed by atoms with E-state index in [-0.39, 0.29) is 6.04 Å². The molecule has 0 radical (unpaired) electrons. The number of rotatable bonds is 1. The Balaban J connectivity index is 2.00. The van der Waals surface area contributed by atoms with Crippen molar-refractivity contribution in [2.45, 2.75) is 62.7 Å². The Labute approximate surface area is 113 Å². The maximum atomic E-state index is 6.36. The highest BCUT2D eigenvalue weighted by Gasteiger charge is 2.39. The van der Waals surface area contributed by atoms with E-state index in [1.807, 2.05) is 0 Å². The van der Waals surface area contributed by atoms with Crippen molar-refractivity contribution in [1.29, 1.82) is 0 Å². The van der Waals surface area contributed by atoms with Gasteiger partial charge in [0.1, 0.15) is 0 Å². The monoisotopic (exact) mass is 295 g/mol. The summed E-state index contributed by atoms with van der Waals surface area (Å²) in [6.45, 7) is 2.27. The Kier molecular flexibility index (Phi) is 3.20. The van der Waals surface area contributed by atoms with E-state index in [9.17, 15) is 0 Å². The Morgan fingerprint density at radius 3 is 2.76 bits per heavy atom. The highest BCUT2D eigenvalue weighted by Crippen LogP contribution is 2.51. The number of halogens is 1. The summed E-state index contributed by atoms with van der Waals surface area (Å²) < 4.78 is 0. The second-order valence-electron chi connectivity index (χ2n) is 5.75. The zero-order chi connectivity index (χ0) is 12.0. The van der Waals surface area contributed by atoms with Crippen LogP contribution in [0.5, 0.6) is 0 Å². The molecule has 0 saturated heterocycles. The van der Waals surface area contributed by atoms with E-state index < -0.39 is 0 Å². The van der Waals surface area contributed by atoms with Gasteiger partial charge in [-0.15, -0.1) is 0 Å². The Bertz CT molecular complexity index is 394. The molecule has 0 fully saturated rings. The predicted octanol–water partition coefficient (Wildman–Crippen LogP) is 4.08. The normalized spacial score (nSPS) is 37.2. The molecule has 0 aromatic heterocycles. The molecule has 17 heavy (non-hydrogen) atoms. The lowest BCUT2D eigenvalue weighted by Gasteiger charge is -2.34. The molecule has 3 unspecified atom stereocenters. The SMILES string of the molecule is CCC1=C2CC3=C(CCCC3)C2CC(Br)C1N. The van der Waals surface area contributed by atoms with Crippen molar-refractivity contribution in [3.05, 3.63) is 22.3 Å². The van der Waals surface area contributed by atoms with Crippen LogP contribution in [0.1, 0.15) is 51.9 Å². The van der Waals surface area contributed by atoms with Crippen LogP contribution in [0.4, 0.5) is 0 Å². The van der Waals surface area contributed by atoms with Crippen LogP contribution < -0.4 is 5.73 Å². The lowest BCUT2D eigenvalue weighted by atomic mass is 9.77. The first kappa shape index (κ1) is 12.0. The van der Waals surface area contributed by atoms with Crippen LogP contribution in [-0.4, -0.2) is 10.9 Å². The van der Waals surface area contributed by atoms with Crippen molar-refractivity contribution in [1.82, 2.24) is 0 Å². The quantitative estimate of drug-likeness (QED) is 0.572. The third-order valence-electron chi connectivity index (χ3n) is 4.92. The average molecular weight is 296 g/mol. The molecule has 3 rings (SSSR count). The Hall–Kier alpha value is -0.0800. The zero-order valence-corrected chi connectivity index (χ0v) is 12.2. The summed E-state index contributed by atoms with van der Waals surface area (Å²) >= 11 is 3.81. The zero-order valence-electron chi connectivity index (χ0n) is 10.6. The van der Waals surface area contributed by atoms with Gasteiger partial charge >= 0.3 is 0 Å². The predicted molar refractivity (Wildman–Crippen MR) is 76.2 cm³/mol. The van der Waals surface area contributed by atoms with Crippen LogP contribution in [0.2, 0.25) is 0 Å². The van der Waals surface area contributed by atoms with E-state index in [1.165, 1.54) is 38.5 Å². The summed E-state index contributed by atoms with van der Waals surface area (Å²) in [5.74, 6) is 0.754. The molecule has 94 valence electrons. The van der Waals surface area contributed by atoms with E-state index in [1.54, 1.807) is 22.3 Å². The second kappa shape index (κ2) is 4.55. The van der Waals surface area contributed by atoms with E-state index in [4.69, 9.17) is 5.73 Å². The standard InChI is InChI=1S/C15H22BrN/c1-2-10-12-7-9-5-3-4-6-11(9)13(12)8-14(16)15(10)17/h13-15H,2-8,17H2,1H3. The van der Waals surface area contributed by atoms with Gasteiger partial charge in [-0.3, -0.25) is 0 Å². The Morgan fingerprint density at radius 2 is 2.00 bits per heavy atom. The van der Waals surface area contributed by atoms with Gasteiger partial charge in [0.2, 0.25) is 0 Å². The first-order chi connectivity index (χ1) is 8.22. The van der Waals surface area contributed by atoms with Gasteiger partial charge in [-0.2, -0.15) is 0 Å². The molecule has 0 heterocycles. The topological polar surface area (TPSA) is 26.0 Å². The van der Waals surface area contributed by atoms with Gasteiger partial charge in [0, 0.05) is 16.8 Å². The minimum atomic E-state index is 0.257. The summed E-state index contributed by atoms with van der Waals surface area (Å²) in [4.78, 5) is 0.486. The third kappa shape index (κ3) is 1.84. The molecule has 0 spiro atoms. The van der Waals surface area contributed by atoms with Crippen molar-refractivity contribution in [2.24, 2.45) is 11.7 Å². The minimum absolute atomic E-state index is 0.257. The Morgan fingerprint density at radius 1 is 1.24 bits per heavy atom. The van der Waals surface area contributed by atoms with Crippen molar-refractivity contribution in [3.8, 4) is 0 Å². The molecule has 0 aliphatic heterocycles. The van der Waals surface area contributed by atoms with Gasteiger partial charge in [-0.05, 0) is 44.9 Å². The summed E-state index contributed by atoms with van der Waals surface area (Å²) in [6, 6.07) is 0.257. The van der Waals surface area contributed by atoms with E-state index in [0.29, 0.717) is 4.83 Å². The van der Waals surface area contributed by atoms with E-state index in [0.717, 1.165) is 12.3 Å². The molecule has 0 saturated carbocycles. The van der Waals surface area contributed by atoms with Crippen molar-refractivity contribution in [3.63, 3.8) is 0 Å². The molecule has 3 aliphatic carbocycles. The summed E-state index contributed by atoms with van der Waals surface area (Å²) in [5.41, 5.74) is 13.2. The molecule has 0 amide bonds. The molecule has 3 atom stereocenters. The maximum Gasteiger partial charge on any atom is 0.0384 e. The van der Waals surface area contributed by atoms with Crippen LogP contribution in [0.3, 0.4) is 0 Å². The number of hydrogen-bond donors (Lipinski definition) is 1. The van der Waals surface area contributed by atoms with Gasteiger partial charge < -0.3 is 5.73 Å². The number of fused-ring (bicyclic) bond motifs is 2.